The van der Waals surface area contributed by atoms with Gasteiger partial charge in [0.1, 0.15) is 5.69 Å². The Bertz CT molecular complexity index is 606. The zero-order valence-electron chi connectivity index (χ0n) is 9.55. The van der Waals surface area contributed by atoms with Gasteiger partial charge >= 0.3 is 5.97 Å². The summed E-state index contributed by atoms with van der Waals surface area (Å²) in [6.45, 7) is 0. The predicted molar refractivity (Wildman–Crippen MR) is 67.9 cm³/mol. The second-order valence-corrected chi connectivity index (χ2v) is 5.25. The molecule has 92 valence electrons. The van der Waals surface area contributed by atoms with Crippen LogP contribution in [-0.4, -0.2) is 22.0 Å². The first-order valence-electron chi connectivity index (χ1n) is 5.71. The molecule has 1 aromatic carbocycles. The topological polar surface area (TPSA) is 63.3 Å². The van der Waals surface area contributed by atoms with E-state index in [1.807, 2.05) is 23.9 Å². The smallest absolute Gasteiger partial charge is 0.374 e. The quantitative estimate of drug-likeness (QED) is 0.900. The van der Waals surface area contributed by atoms with Crippen molar-refractivity contribution in [2.24, 2.45) is 0 Å². The number of fused-ring (bicyclic) bond motifs is 1. The number of carboxylic acid groups (broad SMARTS) is 1. The number of hydrogen-bond acceptors (Lipinski definition) is 4. The number of aromatic nitrogens is 1. The van der Waals surface area contributed by atoms with Gasteiger partial charge in [0, 0.05) is 16.5 Å². The minimum Gasteiger partial charge on any atom is -0.475 e. The van der Waals surface area contributed by atoms with E-state index in [0.29, 0.717) is 5.69 Å². The van der Waals surface area contributed by atoms with E-state index in [-0.39, 0.29) is 5.76 Å². The molecule has 1 N–H and O–H groups in total. The van der Waals surface area contributed by atoms with Crippen molar-refractivity contribution in [1.29, 1.82) is 0 Å². The fraction of sp³-hybridized carbons (Fsp3) is 0.231. The highest BCUT2D eigenvalue weighted by molar-refractivity contribution is 7.99. The number of benzene rings is 1. The molecule has 0 saturated heterocycles. The molecule has 3 rings (SSSR count). The molecule has 0 radical (unpaired) electrons. The molecule has 0 bridgehead atoms. The summed E-state index contributed by atoms with van der Waals surface area (Å²) in [5.74, 6) is -0.0747. The summed E-state index contributed by atoms with van der Waals surface area (Å²) in [7, 11) is 0. The highest BCUT2D eigenvalue weighted by atomic mass is 32.2. The summed E-state index contributed by atoms with van der Waals surface area (Å²) in [6, 6.07) is 7.52. The van der Waals surface area contributed by atoms with Gasteiger partial charge in [-0.05, 0) is 30.2 Å². The lowest BCUT2D eigenvalue weighted by molar-refractivity contribution is 0.0652. The Morgan fingerprint density at radius 2 is 2.33 bits per heavy atom. The first-order chi connectivity index (χ1) is 8.75. The highest BCUT2D eigenvalue weighted by Crippen LogP contribution is 2.36. The van der Waals surface area contributed by atoms with E-state index in [4.69, 9.17) is 9.63 Å². The first-order valence-corrected chi connectivity index (χ1v) is 6.69. The largest absolute Gasteiger partial charge is 0.475 e. The third kappa shape index (κ3) is 1.90. The molecule has 0 unspecified atom stereocenters. The predicted octanol–water partition coefficient (Wildman–Crippen LogP) is 3.08. The monoisotopic (exact) mass is 261 g/mol. The zero-order chi connectivity index (χ0) is 12.5. The maximum atomic E-state index is 10.8. The van der Waals surface area contributed by atoms with Gasteiger partial charge in [0.15, 0.2) is 0 Å². The zero-order valence-corrected chi connectivity index (χ0v) is 10.4. The number of thioether (sulfide) groups is 1. The molecule has 0 amide bonds. The van der Waals surface area contributed by atoms with Gasteiger partial charge in [-0.15, -0.1) is 11.8 Å². The van der Waals surface area contributed by atoms with Crippen molar-refractivity contribution in [3.8, 4) is 11.3 Å². The van der Waals surface area contributed by atoms with E-state index in [9.17, 15) is 4.79 Å². The highest BCUT2D eigenvalue weighted by Gasteiger charge is 2.18. The van der Waals surface area contributed by atoms with Crippen LogP contribution in [0.15, 0.2) is 33.7 Å². The number of nitrogens with zero attached hydrogens (tertiary/aromatic N) is 1. The summed E-state index contributed by atoms with van der Waals surface area (Å²) < 4.78 is 4.82. The summed E-state index contributed by atoms with van der Waals surface area (Å²) in [6.07, 6.45) is 2.14. The Hall–Kier alpha value is -1.75. The van der Waals surface area contributed by atoms with Gasteiger partial charge in [0.25, 0.3) is 0 Å². The van der Waals surface area contributed by atoms with E-state index in [1.165, 1.54) is 16.5 Å². The van der Waals surface area contributed by atoms with Crippen LogP contribution in [0, 0.1) is 0 Å². The Labute approximate surface area is 108 Å². The van der Waals surface area contributed by atoms with E-state index in [0.717, 1.165) is 24.2 Å². The third-order valence-corrected chi connectivity index (χ3v) is 4.14. The van der Waals surface area contributed by atoms with Crippen LogP contribution in [0.25, 0.3) is 11.3 Å². The molecule has 1 aliphatic heterocycles. The molecule has 0 spiro atoms. The lowest BCUT2D eigenvalue weighted by Crippen LogP contribution is -2.00. The van der Waals surface area contributed by atoms with Crippen LogP contribution in [0.5, 0.6) is 0 Å². The van der Waals surface area contributed by atoms with Crippen molar-refractivity contribution < 1.29 is 14.4 Å². The Morgan fingerprint density at radius 3 is 3.11 bits per heavy atom. The van der Waals surface area contributed by atoms with E-state index in [2.05, 4.69) is 11.2 Å². The van der Waals surface area contributed by atoms with Crippen LogP contribution in [0.1, 0.15) is 22.5 Å². The molecule has 5 heteroatoms. The van der Waals surface area contributed by atoms with Crippen molar-refractivity contribution in [2.45, 2.75) is 17.7 Å². The van der Waals surface area contributed by atoms with E-state index < -0.39 is 5.97 Å². The Balaban J connectivity index is 2.08. The van der Waals surface area contributed by atoms with E-state index in [1.54, 1.807) is 0 Å². The SMILES string of the molecule is O=C(O)c1cc(-c2cccc3c2CCCS3)no1. The lowest BCUT2D eigenvalue weighted by atomic mass is 10.00. The van der Waals surface area contributed by atoms with Crippen molar-refractivity contribution in [1.82, 2.24) is 5.16 Å². The lowest BCUT2D eigenvalue weighted by Gasteiger charge is -2.17. The van der Waals surface area contributed by atoms with Gasteiger partial charge < -0.3 is 9.63 Å². The molecule has 0 saturated carbocycles. The van der Waals surface area contributed by atoms with Gasteiger partial charge in [0.05, 0.1) is 0 Å². The molecule has 2 heterocycles. The number of carbonyl (C=O) groups is 1. The van der Waals surface area contributed by atoms with Crippen LogP contribution < -0.4 is 0 Å². The summed E-state index contributed by atoms with van der Waals surface area (Å²) in [5.41, 5.74) is 2.83. The Kier molecular flexibility index (Phi) is 2.83. The van der Waals surface area contributed by atoms with Crippen molar-refractivity contribution in [2.75, 3.05) is 5.75 Å². The fourth-order valence-electron chi connectivity index (χ4n) is 2.13. The molecular formula is C13H11NO3S. The van der Waals surface area contributed by atoms with Crippen LogP contribution in [0.3, 0.4) is 0 Å². The molecule has 0 aliphatic carbocycles. The van der Waals surface area contributed by atoms with Crippen molar-refractivity contribution in [3.63, 3.8) is 0 Å². The van der Waals surface area contributed by atoms with Crippen LogP contribution in [0.4, 0.5) is 0 Å². The third-order valence-electron chi connectivity index (χ3n) is 2.96. The maximum absolute atomic E-state index is 10.8. The summed E-state index contributed by atoms with van der Waals surface area (Å²) in [4.78, 5) is 12.1. The number of carboxylic acids is 1. The van der Waals surface area contributed by atoms with Crippen LogP contribution in [0.2, 0.25) is 0 Å². The molecule has 0 atom stereocenters. The van der Waals surface area contributed by atoms with Crippen molar-refractivity contribution in [3.05, 3.63) is 35.6 Å². The van der Waals surface area contributed by atoms with Crippen LogP contribution in [-0.2, 0) is 6.42 Å². The summed E-state index contributed by atoms with van der Waals surface area (Å²) >= 11 is 1.84. The molecule has 1 aliphatic rings. The average molecular weight is 261 g/mol. The fourth-order valence-corrected chi connectivity index (χ4v) is 3.20. The standard InChI is InChI=1S/C13H11NO3S/c15-13(16)11-7-10(14-17-11)8-3-1-5-12-9(8)4-2-6-18-12/h1,3,5,7H,2,4,6H2,(H,15,16). The molecule has 0 fully saturated rings. The molecule has 4 nitrogen and oxygen atoms in total. The number of rotatable bonds is 2. The normalized spacial score (nSPS) is 14.2. The second-order valence-electron chi connectivity index (χ2n) is 4.12. The minimum absolute atomic E-state index is 0.119. The molecular weight excluding hydrogens is 250 g/mol. The molecule has 1 aromatic heterocycles. The van der Waals surface area contributed by atoms with Gasteiger partial charge in [0.2, 0.25) is 5.76 Å². The van der Waals surface area contributed by atoms with Gasteiger partial charge in [-0.3, -0.25) is 0 Å². The van der Waals surface area contributed by atoms with E-state index >= 15 is 0 Å². The van der Waals surface area contributed by atoms with Gasteiger partial charge in [-0.1, -0.05) is 17.3 Å². The summed E-state index contributed by atoms with van der Waals surface area (Å²) in [5, 5.41) is 12.7. The second kappa shape index (κ2) is 4.49. The number of hydrogen-bond donors (Lipinski definition) is 1. The van der Waals surface area contributed by atoms with Crippen molar-refractivity contribution >= 4 is 17.7 Å². The molecule has 2 aromatic rings. The van der Waals surface area contributed by atoms with Gasteiger partial charge in [-0.25, -0.2) is 4.79 Å². The maximum Gasteiger partial charge on any atom is 0.374 e. The van der Waals surface area contributed by atoms with Gasteiger partial charge in [-0.2, -0.15) is 0 Å². The number of aromatic carboxylic acids is 1. The minimum atomic E-state index is -1.09. The van der Waals surface area contributed by atoms with Crippen LogP contribution >= 0.6 is 11.8 Å². The average Bonchev–Trinajstić information content (AvgIpc) is 2.87. The first kappa shape index (κ1) is 11.3. The Morgan fingerprint density at radius 1 is 1.44 bits per heavy atom. The molecule has 18 heavy (non-hydrogen) atoms.